The summed E-state index contributed by atoms with van der Waals surface area (Å²) in [5, 5.41) is 0. The zero-order valence-corrected chi connectivity index (χ0v) is 4.78. The molecule has 3 saturated carbocycles. The SMILES string of the molecule is [2H]C1(C)C2CCC1C2. The van der Waals surface area contributed by atoms with E-state index >= 15 is 0 Å². The summed E-state index contributed by atoms with van der Waals surface area (Å²) in [4.78, 5) is 0. The molecule has 2 atom stereocenters. The molecule has 0 spiro atoms. The molecular formula is C7H12. The van der Waals surface area contributed by atoms with Gasteiger partial charge in [-0.15, -0.1) is 0 Å². The minimum atomic E-state index is 0.000000000000000444. The molecule has 0 aliphatic heterocycles. The second kappa shape index (κ2) is 1.04. The zero-order chi connectivity index (χ0) is 5.78. The Morgan fingerprint density at radius 3 is 2.14 bits per heavy atom. The van der Waals surface area contributed by atoms with E-state index in [0.717, 1.165) is 11.8 Å². The second-order valence-corrected chi connectivity index (χ2v) is 2.95. The molecule has 0 aromatic carbocycles. The van der Waals surface area contributed by atoms with Crippen molar-refractivity contribution < 1.29 is 1.37 Å². The molecule has 2 bridgehead atoms. The van der Waals surface area contributed by atoms with Crippen LogP contribution in [0.15, 0.2) is 0 Å². The molecule has 3 rings (SSSR count). The lowest BCUT2D eigenvalue weighted by Gasteiger charge is -2.31. The highest BCUT2D eigenvalue weighted by atomic mass is 14.5. The van der Waals surface area contributed by atoms with Crippen molar-refractivity contribution in [2.24, 2.45) is 17.7 Å². The molecule has 0 heterocycles. The van der Waals surface area contributed by atoms with Crippen molar-refractivity contribution in [1.82, 2.24) is 0 Å². The Labute approximate surface area is 46.3 Å². The van der Waals surface area contributed by atoms with E-state index in [0.29, 0.717) is 0 Å². The van der Waals surface area contributed by atoms with Gasteiger partial charge in [0.25, 0.3) is 0 Å². The summed E-state index contributed by atoms with van der Waals surface area (Å²) in [5.41, 5.74) is 0. The number of fused-ring (bicyclic) bond motifs is 1. The molecule has 3 aliphatic carbocycles. The van der Waals surface area contributed by atoms with Gasteiger partial charge in [0, 0.05) is 1.37 Å². The summed E-state index contributed by atoms with van der Waals surface area (Å²) in [6, 6.07) is 0. The molecule has 40 valence electrons. The van der Waals surface area contributed by atoms with E-state index in [1.807, 2.05) is 0 Å². The predicted octanol–water partition coefficient (Wildman–Crippen LogP) is 2.05. The molecule has 0 aromatic rings. The number of rotatable bonds is 0. The van der Waals surface area contributed by atoms with Crippen LogP contribution < -0.4 is 0 Å². The van der Waals surface area contributed by atoms with Crippen LogP contribution in [0.4, 0.5) is 0 Å². The normalized spacial score (nSPS) is 69.6. The highest BCUT2D eigenvalue weighted by Gasteiger charge is 2.43. The fraction of sp³-hybridized carbons (Fsp3) is 1.00. The van der Waals surface area contributed by atoms with Crippen molar-refractivity contribution in [2.45, 2.75) is 26.2 Å². The number of hydrogen-bond acceptors (Lipinski definition) is 0. The van der Waals surface area contributed by atoms with E-state index < -0.39 is 0 Å². The van der Waals surface area contributed by atoms with Crippen LogP contribution in [0.3, 0.4) is 0 Å². The van der Waals surface area contributed by atoms with E-state index in [1.165, 1.54) is 19.3 Å². The Morgan fingerprint density at radius 1 is 1.43 bits per heavy atom. The van der Waals surface area contributed by atoms with Gasteiger partial charge in [-0.1, -0.05) is 6.92 Å². The van der Waals surface area contributed by atoms with E-state index in [9.17, 15) is 0 Å². The van der Waals surface area contributed by atoms with Crippen LogP contribution >= 0.6 is 0 Å². The summed E-state index contributed by atoms with van der Waals surface area (Å²) in [6.45, 7) is 2.10. The lowest BCUT2D eigenvalue weighted by Crippen LogP contribution is -2.24. The van der Waals surface area contributed by atoms with Crippen LogP contribution in [-0.2, 0) is 0 Å². The third-order valence-corrected chi connectivity index (χ3v) is 2.72. The Kier molecular flexibility index (Phi) is 0.463. The van der Waals surface area contributed by atoms with Crippen molar-refractivity contribution in [3.05, 3.63) is 0 Å². The van der Waals surface area contributed by atoms with Crippen LogP contribution in [0.1, 0.15) is 27.6 Å². The Morgan fingerprint density at radius 2 is 2.00 bits per heavy atom. The molecule has 3 aliphatic rings. The molecule has 3 fully saturated rings. The van der Waals surface area contributed by atoms with Gasteiger partial charge in [0.15, 0.2) is 0 Å². The second-order valence-electron chi connectivity index (χ2n) is 2.95. The van der Waals surface area contributed by atoms with Gasteiger partial charge in [-0.2, -0.15) is 0 Å². The van der Waals surface area contributed by atoms with E-state index in [4.69, 9.17) is 1.37 Å². The van der Waals surface area contributed by atoms with Crippen molar-refractivity contribution >= 4 is 0 Å². The molecule has 0 heteroatoms. The largest absolute Gasteiger partial charge is 0.0620 e. The Bertz CT molecular complexity index is 102. The molecule has 0 N–H and O–H groups in total. The average molecular weight is 97.2 g/mol. The van der Waals surface area contributed by atoms with Gasteiger partial charge in [-0.05, 0) is 37.0 Å². The fourth-order valence-electron chi connectivity index (χ4n) is 1.98. The van der Waals surface area contributed by atoms with Gasteiger partial charge >= 0.3 is 0 Å². The standard InChI is InChI=1S/C7H12/c1-5-6-2-3-7(5)4-6/h5-7H,2-4H2,1H3/i5D. The first-order chi connectivity index (χ1) is 3.71. The van der Waals surface area contributed by atoms with Crippen LogP contribution in [0.2, 0.25) is 0 Å². The van der Waals surface area contributed by atoms with Crippen LogP contribution in [-0.4, -0.2) is 0 Å². The monoisotopic (exact) mass is 97.1 g/mol. The Balaban J connectivity index is 2.23. The lowest BCUT2D eigenvalue weighted by atomic mass is 9.74. The van der Waals surface area contributed by atoms with Crippen LogP contribution in [0.5, 0.6) is 0 Å². The van der Waals surface area contributed by atoms with Crippen molar-refractivity contribution in [3.63, 3.8) is 0 Å². The van der Waals surface area contributed by atoms with Crippen LogP contribution in [0, 0.1) is 17.7 Å². The van der Waals surface area contributed by atoms with Gasteiger partial charge < -0.3 is 0 Å². The van der Waals surface area contributed by atoms with E-state index in [1.54, 1.807) is 0 Å². The zero-order valence-electron chi connectivity index (χ0n) is 5.78. The summed E-state index contributed by atoms with van der Waals surface area (Å²) < 4.78 is 7.74. The van der Waals surface area contributed by atoms with Gasteiger partial charge in [-0.25, -0.2) is 0 Å². The predicted molar refractivity (Wildman–Crippen MR) is 30.0 cm³/mol. The van der Waals surface area contributed by atoms with E-state index in [2.05, 4.69) is 6.92 Å². The summed E-state index contributed by atoms with van der Waals surface area (Å²) in [7, 11) is 0. The maximum absolute atomic E-state index is 7.74. The molecule has 2 unspecified atom stereocenters. The molecule has 0 radical (unpaired) electrons. The van der Waals surface area contributed by atoms with Gasteiger partial charge in [-0.3, -0.25) is 0 Å². The minimum Gasteiger partial charge on any atom is -0.0620 e. The molecular weight excluding hydrogens is 84.1 g/mol. The highest BCUT2D eigenvalue weighted by Crippen LogP contribution is 2.52. The average Bonchev–Trinajstić information content (AvgIpc) is 2.18. The first kappa shape index (κ1) is 3.11. The first-order valence-electron chi connectivity index (χ1n) is 3.71. The van der Waals surface area contributed by atoms with Gasteiger partial charge in [0.05, 0.1) is 0 Å². The van der Waals surface area contributed by atoms with Crippen molar-refractivity contribution in [1.29, 1.82) is 0 Å². The molecule has 7 heavy (non-hydrogen) atoms. The molecule has 0 aromatic heterocycles. The molecule has 0 nitrogen and oxygen atoms in total. The van der Waals surface area contributed by atoms with Gasteiger partial charge in [0.2, 0.25) is 0 Å². The molecule has 0 amide bonds. The smallest absolute Gasteiger partial charge is 0.0306 e. The van der Waals surface area contributed by atoms with Crippen LogP contribution in [0.25, 0.3) is 0 Å². The third kappa shape index (κ3) is 0.332. The third-order valence-electron chi connectivity index (χ3n) is 2.72. The maximum Gasteiger partial charge on any atom is 0.0306 e. The summed E-state index contributed by atoms with van der Waals surface area (Å²) in [6.07, 6.45) is 4.04. The van der Waals surface area contributed by atoms with Crippen molar-refractivity contribution in [2.75, 3.05) is 0 Å². The Hall–Kier alpha value is 0. The van der Waals surface area contributed by atoms with Crippen molar-refractivity contribution in [3.8, 4) is 0 Å². The molecule has 0 saturated heterocycles. The lowest BCUT2D eigenvalue weighted by molar-refractivity contribution is 0.178. The summed E-state index contributed by atoms with van der Waals surface area (Å²) in [5.74, 6) is 1.54. The summed E-state index contributed by atoms with van der Waals surface area (Å²) >= 11 is 0. The topological polar surface area (TPSA) is 0 Å². The van der Waals surface area contributed by atoms with Gasteiger partial charge in [0.1, 0.15) is 0 Å². The highest BCUT2D eigenvalue weighted by molar-refractivity contribution is 4.93. The maximum atomic E-state index is 7.74. The fourth-order valence-corrected chi connectivity index (χ4v) is 1.98. The van der Waals surface area contributed by atoms with E-state index in [-0.39, 0.29) is 5.89 Å². The number of hydrogen-bond donors (Lipinski definition) is 0. The minimum absolute atomic E-state index is 0.000000000000000444. The quantitative estimate of drug-likeness (QED) is 0.434. The first-order valence-corrected chi connectivity index (χ1v) is 3.21.